The number of alkyl carbamates (subject to hydrolysis) is 1. The Morgan fingerprint density at radius 3 is 2.12 bits per heavy atom. The predicted octanol–water partition coefficient (Wildman–Crippen LogP) is 2.72. The number of hydrogen-bond acceptors (Lipinski definition) is 6. The SMILES string of the molecule is CN1C[C@@H](C[C@H](NC(=O)OCc2ccccc2)C(=O)OCc2ccccc2)C(=O)N(C)C1=S. The number of carbonyl (C=O) groups excluding carboxylic acids is 3. The first-order chi connectivity index (χ1) is 15.8. The maximum absolute atomic E-state index is 12.9. The third-order valence-corrected chi connectivity index (χ3v) is 5.91. The number of nitrogens with one attached hydrogen (secondary N) is 1. The van der Waals surface area contributed by atoms with Crippen molar-refractivity contribution in [2.75, 3.05) is 20.6 Å². The van der Waals surface area contributed by atoms with Gasteiger partial charge in [0.15, 0.2) is 5.11 Å². The summed E-state index contributed by atoms with van der Waals surface area (Å²) in [5.74, 6) is -1.39. The van der Waals surface area contributed by atoms with Gasteiger partial charge in [0.05, 0.1) is 5.92 Å². The molecule has 0 bridgehead atoms. The Hall–Kier alpha value is -3.46. The van der Waals surface area contributed by atoms with Crippen molar-refractivity contribution in [3.8, 4) is 0 Å². The van der Waals surface area contributed by atoms with E-state index in [0.29, 0.717) is 11.7 Å². The molecular weight excluding hydrogens is 442 g/mol. The van der Waals surface area contributed by atoms with Gasteiger partial charge in [-0.05, 0) is 29.8 Å². The largest absolute Gasteiger partial charge is 0.459 e. The molecule has 1 fully saturated rings. The molecule has 0 saturated carbocycles. The van der Waals surface area contributed by atoms with E-state index in [1.54, 1.807) is 19.0 Å². The number of hydrogen-bond donors (Lipinski definition) is 1. The summed E-state index contributed by atoms with van der Waals surface area (Å²) < 4.78 is 10.7. The quantitative estimate of drug-likeness (QED) is 0.470. The summed E-state index contributed by atoms with van der Waals surface area (Å²) in [6.07, 6.45) is -0.703. The predicted molar refractivity (Wildman–Crippen MR) is 126 cm³/mol. The molecule has 0 aromatic heterocycles. The second-order valence-electron chi connectivity index (χ2n) is 7.84. The maximum atomic E-state index is 12.9. The second-order valence-corrected chi connectivity index (χ2v) is 8.21. The van der Waals surface area contributed by atoms with Gasteiger partial charge in [-0.2, -0.15) is 0 Å². The molecule has 2 amide bonds. The van der Waals surface area contributed by atoms with Crippen LogP contribution < -0.4 is 5.32 Å². The van der Waals surface area contributed by atoms with Crippen molar-refractivity contribution in [3.05, 3.63) is 71.8 Å². The van der Waals surface area contributed by atoms with Gasteiger partial charge in [-0.1, -0.05) is 60.7 Å². The number of carbonyl (C=O) groups is 3. The van der Waals surface area contributed by atoms with Gasteiger partial charge < -0.3 is 19.7 Å². The molecule has 0 aliphatic carbocycles. The minimum absolute atomic E-state index is 0.0550. The molecule has 1 aliphatic rings. The van der Waals surface area contributed by atoms with E-state index in [1.807, 2.05) is 60.7 Å². The lowest BCUT2D eigenvalue weighted by Gasteiger charge is -2.37. The highest BCUT2D eigenvalue weighted by atomic mass is 32.1. The first-order valence-corrected chi connectivity index (χ1v) is 11.0. The van der Waals surface area contributed by atoms with Gasteiger partial charge in [0.25, 0.3) is 0 Å². The lowest BCUT2D eigenvalue weighted by Crippen LogP contribution is -2.55. The van der Waals surface area contributed by atoms with Crippen molar-refractivity contribution in [2.45, 2.75) is 25.7 Å². The van der Waals surface area contributed by atoms with E-state index in [4.69, 9.17) is 21.7 Å². The number of esters is 1. The van der Waals surface area contributed by atoms with Crippen LogP contribution in [0.25, 0.3) is 0 Å². The fraction of sp³-hybridized carbons (Fsp3) is 0.333. The van der Waals surface area contributed by atoms with Gasteiger partial charge in [-0.15, -0.1) is 0 Å². The summed E-state index contributed by atoms with van der Waals surface area (Å²) in [5, 5.41) is 2.99. The van der Waals surface area contributed by atoms with Crippen LogP contribution in [0.5, 0.6) is 0 Å². The first kappa shape index (κ1) is 24.2. The van der Waals surface area contributed by atoms with Gasteiger partial charge in [-0.25, -0.2) is 9.59 Å². The van der Waals surface area contributed by atoms with E-state index in [1.165, 1.54) is 4.90 Å². The van der Waals surface area contributed by atoms with E-state index < -0.39 is 24.0 Å². The molecule has 1 saturated heterocycles. The standard InChI is InChI=1S/C24H27N3O5S/c1-26-14-19(21(28)27(2)24(26)33)13-20(22(29)31-15-17-9-5-3-6-10-17)25-23(30)32-16-18-11-7-4-8-12-18/h3-12,19-20H,13-16H2,1-2H3,(H,25,30)/t19-,20+/m1/s1. The molecule has 9 heteroatoms. The monoisotopic (exact) mass is 469 g/mol. The topological polar surface area (TPSA) is 88.2 Å². The number of nitrogens with zero attached hydrogens (tertiary/aromatic N) is 2. The highest BCUT2D eigenvalue weighted by Crippen LogP contribution is 2.19. The third kappa shape index (κ3) is 6.76. The van der Waals surface area contributed by atoms with Crippen LogP contribution in [-0.2, 0) is 32.3 Å². The van der Waals surface area contributed by atoms with Crippen LogP contribution in [-0.4, -0.2) is 59.6 Å². The molecule has 0 radical (unpaired) electrons. The average Bonchev–Trinajstić information content (AvgIpc) is 2.84. The Morgan fingerprint density at radius 1 is 1.00 bits per heavy atom. The summed E-state index contributed by atoms with van der Waals surface area (Å²) in [7, 11) is 3.38. The number of thiocarbonyl (C=S) groups is 1. The molecule has 3 rings (SSSR count). The van der Waals surface area contributed by atoms with Crippen LogP contribution in [0.3, 0.4) is 0 Å². The van der Waals surface area contributed by atoms with E-state index in [9.17, 15) is 14.4 Å². The van der Waals surface area contributed by atoms with Crippen LogP contribution in [0.2, 0.25) is 0 Å². The van der Waals surface area contributed by atoms with E-state index in [0.717, 1.165) is 11.1 Å². The molecular formula is C24H27N3O5S. The zero-order valence-corrected chi connectivity index (χ0v) is 19.4. The number of rotatable bonds is 8. The first-order valence-electron chi connectivity index (χ1n) is 10.6. The summed E-state index contributed by atoms with van der Waals surface area (Å²) in [5.41, 5.74) is 1.63. The Labute approximate surface area is 198 Å². The lowest BCUT2D eigenvalue weighted by molar-refractivity contribution is -0.148. The molecule has 0 unspecified atom stereocenters. The zero-order valence-electron chi connectivity index (χ0n) is 18.6. The van der Waals surface area contributed by atoms with E-state index in [-0.39, 0.29) is 25.5 Å². The van der Waals surface area contributed by atoms with E-state index >= 15 is 0 Å². The minimum atomic E-state index is -1.06. The number of ether oxygens (including phenoxy) is 2. The van der Waals surface area contributed by atoms with Gasteiger partial charge in [-0.3, -0.25) is 9.69 Å². The van der Waals surface area contributed by atoms with Gasteiger partial charge >= 0.3 is 12.1 Å². The highest BCUT2D eigenvalue weighted by molar-refractivity contribution is 7.80. The van der Waals surface area contributed by atoms with Crippen molar-refractivity contribution >= 4 is 35.3 Å². The van der Waals surface area contributed by atoms with Crippen molar-refractivity contribution in [2.24, 2.45) is 5.92 Å². The van der Waals surface area contributed by atoms with Crippen molar-refractivity contribution < 1.29 is 23.9 Å². The molecule has 2 atom stereocenters. The fourth-order valence-electron chi connectivity index (χ4n) is 3.52. The van der Waals surface area contributed by atoms with Crippen LogP contribution >= 0.6 is 12.2 Å². The Bertz CT molecular complexity index is 986. The third-order valence-electron chi connectivity index (χ3n) is 5.32. The molecule has 1 aliphatic heterocycles. The molecule has 0 spiro atoms. The van der Waals surface area contributed by atoms with Crippen LogP contribution in [0.15, 0.2) is 60.7 Å². The summed E-state index contributed by atoms with van der Waals surface area (Å²) >= 11 is 5.24. The van der Waals surface area contributed by atoms with Gasteiger partial charge in [0, 0.05) is 20.6 Å². The molecule has 2 aromatic rings. The van der Waals surface area contributed by atoms with Gasteiger partial charge in [0.2, 0.25) is 5.91 Å². The smallest absolute Gasteiger partial charge is 0.408 e. The van der Waals surface area contributed by atoms with E-state index in [2.05, 4.69) is 5.32 Å². The second kappa shape index (κ2) is 11.4. The molecule has 174 valence electrons. The molecule has 33 heavy (non-hydrogen) atoms. The summed E-state index contributed by atoms with van der Waals surface area (Å²) in [6.45, 7) is 0.450. The minimum Gasteiger partial charge on any atom is -0.459 e. The lowest BCUT2D eigenvalue weighted by atomic mass is 9.96. The van der Waals surface area contributed by atoms with Crippen molar-refractivity contribution in [1.29, 1.82) is 0 Å². The van der Waals surface area contributed by atoms with Crippen LogP contribution in [0.4, 0.5) is 4.79 Å². The zero-order chi connectivity index (χ0) is 23.8. The molecule has 1 N–H and O–H groups in total. The molecule has 8 nitrogen and oxygen atoms in total. The molecule has 1 heterocycles. The number of benzene rings is 2. The van der Waals surface area contributed by atoms with Crippen molar-refractivity contribution in [3.63, 3.8) is 0 Å². The maximum Gasteiger partial charge on any atom is 0.408 e. The Balaban J connectivity index is 1.66. The van der Waals surface area contributed by atoms with Gasteiger partial charge in [0.1, 0.15) is 19.3 Å². The molecule has 2 aromatic carbocycles. The number of amides is 2. The Kier molecular flexibility index (Phi) is 8.37. The normalized spacial score (nSPS) is 16.8. The van der Waals surface area contributed by atoms with Crippen LogP contribution in [0, 0.1) is 5.92 Å². The highest BCUT2D eigenvalue weighted by Gasteiger charge is 2.37. The Morgan fingerprint density at radius 2 is 1.55 bits per heavy atom. The summed E-state index contributed by atoms with van der Waals surface area (Å²) in [4.78, 5) is 41.2. The summed E-state index contributed by atoms with van der Waals surface area (Å²) in [6, 6.07) is 17.4. The fourth-order valence-corrected chi connectivity index (χ4v) is 3.69. The average molecular weight is 470 g/mol. The van der Waals surface area contributed by atoms with Crippen molar-refractivity contribution in [1.82, 2.24) is 15.1 Å². The van der Waals surface area contributed by atoms with Crippen LogP contribution in [0.1, 0.15) is 17.5 Å².